The van der Waals surface area contributed by atoms with Gasteiger partial charge in [0.2, 0.25) is 5.79 Å². The quantitative estimate of drug-likeness (QED) is 0.908. The van der Waals surface area contributed by atoms with Crippen LogP contribution in [0, 0.1) is 0 Å². The van der Waals surface area contributed by atoms with Crippen LogP contribution in [0.25, 0.3) is 0 Å². The largest absolute Gasteiger partial charge is 0.462 e. The third kappa shape index (κ3) is 2.24. The van der Waals surface area contributed by atoms with Crippen LogP contribution in [0.2, 0.25) is 0 Å². The van der Waals surface area contributed by atoms with E-state index in [4.69, 9.17) is 9.47 Å². The van der Waals surface area contributed by atoms with E-state index in [9.17, 15) is 5.11 Å². The van der Waals surface area contributed by atoms with Crippen molar-refractivity contribution >= 4 is 15.9 Å². The molecule has 0 fully saturated rings. The van der Waals surface area contributed by atoms with Gasteiger partial charge in [-0.1, -0.05) is 15.9 Å². The molecule has 0 radical (unpaired) electrons. The summed E-state index contributed by atoms with van der Waals surface area (Å²) in [6, 6.07) is 5.62. The maximum Gasteiger partial charge on any atom is 0.210 e. The maximum absolute atomic E-state index is 10.1. The molecule has 4 heteroatoms. The molecule has 0 saturated heterocycles. The van der Waals surface area contributed by atoms with Crippen LogP contribution < -0.4 is 4.74 Å². The van der Waals surface area contributed by atoms with E-state index < -0.39 is 11.9 Å². The smallest absolute Gasteiger partial charge is 0.210 e. The molecular formula is C12H15BrO3. The molecule has 0 aromatic heterocycles. The fourth-order valence-corrected chi connectivity index (χ4v) is 2.38. The van der Waals surface area contributed by atoms with E-state index in [1.165, 1.54) is 0 Å². The van der Waals surface area contributed by atoms with Crippen molar-refractivity contribution in [3.05, 3.63) is 28.2 Å². The topological polar surface area (TPSA) is 38.7 Å². The summed E-state index contributed by atoms with van der Waals surface area (Å²) in [5, 5.41) is 10.1. The molecule has 0 saturated carbocycles. The minimum absolute atomic E-state index is 0.449. The molecule has 1 aromatic rings. The van der Waals surface area contributed by atoms with Crippen molar-refractivity contribution < 1.29 is 14.6 Å². The van der Waals surface area contributed by atoms with Gasteiger partial charge in [-0.3, -0.25) is 0 Å². The monoisotopic (exact) mass is 286 g/mol. The van der Waals surface area contributed by atoms with Gasteiger partial charge in [-0.05, 0) is 25.1 Å². The number of fused-ring (bicyclic) bond motifs is 1. The molecule has 0 aliphatic carbocycles. The van der Waals surface area contributed by atoms with Gasteiger partial charge < -0.3 is 14.6 Å². The molecule has 16 heavy (non-hydrogen) atoms. The number of aliphatic hydroxyl groups excluding tert-OH is 1. The fraction of sp³-hybridized carbons (Fsp3) is 0.500. The zero-order valence-electron chi connectivity index (χ0n) is 9.37. The van der Waals surface area contributed by atoms with E-state index in [-0.39, 0.29) is 0 Å². The molecule has 88 valence electrons. The third-order valence-electron chi connectivity index (χ3n) is 2.67. The highest BCUT2D eigenvalue weighted by atomic mass is 79.9. The fourth-order valence-electron chi connectivity index (χ4n) is 2.00. The average Bonchev–Trinajstić information content (AvgIpc) is 2.19. The highest BCUT2D eigenvalue weighted by Gasteiger charge is 2.37. The van der Waals surface area contributed by atoms with Gasteiger partial charge in [0.1, 0.15) is 5.75 Å². The number of hydrogen-bond donors (Lipinski definition) is 1. The SMILES string of the molecule is CCO[C@]1(C)C[C@@H](O)c2cc(Br)ccc2O1. The maximum atomic E-state index is 10.1. The lowest BCUT2D eigenvalue weighted by Gasteiger charge is -2.37. The molecule has 1 aliphatic rings. The third-order valence-corrected chi connectivity index (χ3v) is 3.16. The number of ether oxygens (including phenoxy) is 2. The molecule has 1 heterocycles. The Morgan fingerprint density at radius 1 is 1.62 bits per heavy atom. The molecule has 2 rings (SSSR count). The Morgan fingerprint density at radius 3 is 3.06 bits per heavy atom. The number of aliphatic hydroxyl groups is 1. The van der Waals surface area contributed by atoms with Crippen LogP contribution in [0.1, 0.15) is 31.9 Å². The van der Waals surface area contributed by atoms with Crippen molar-refractivity contribution in [1.29, 1.82) is 0 Å². The Labute approximate surface area is 104 Å². The first kappa shape index (κ1) is 11.9. The van der Waals surface area contributed by atoms with E-state index >= 15 is 0 Å². The first-order valence-corrected chi connectivity index (χ1v) is 6.14. The van der Waals surface area contributed by atoms with Crippen LogP contribution in [0.15, 0.2) is 22.7 Å². The molecule has 0 spiro atoms. The number of halogens is 1. The lowest BCUT2D eigenvalue weighted by molar-refractivity contribution is -0.195. The van der Waals surface area contributed by atoms with Gasteiger partial charge in [0, 0.05) is 30.0 Å². The molecule has 3 nitrogen and oxygen atoms in total. The normalized spacial score (nSPS) is 28.4. The van der Waals surface area contributed by atoms with Gasteiger partial charge in [0.05, 0.1) is 6.10 Å². The zero-order valence-corrected chi connectivity index (χ0v) is 11.0. The van der Waals surface area contributed by atoms with Gasteiger partial charge in [0.25, 0.3) is 0 Å². The molecule has 1 N–H and O–H groups in total. The van der Waals surface area contributed by atoms with E-state index in [1.807, 2.05) is 32.0 Å². The second-order valence-electron chi connectivity index (χ2n) is 4.07. The summed E-state index contributed by atoms with van der Waals surface area (Å²) in [5.41, 5.74) is 0.812. The molecule has 1 aromatic carbocycles. The van der Waals surface area contributed by atoms with Crippen LogP contribution >= 0.6 is 15.9 Å². The number of rotatable bonds is 2. The van der Waals surface area contributed by atoms with Crippen molar-refractivity contribution in [1.82, 2.24) is 0 Å². The second kappa shape index (κ2) is 4.35. The van der Waals surface area contributed by atoms with Gasteiger partial charge in [0.15, 0.2) is 0 Å². The minimum atomic E-state index is -0.727. The summed E-state index contributed by atoms with van der Waals surface area (Å²) in [6.07, 6.45) is -0.0950. The molecule has 0 unspecified atom stereocenters. The van der Waals surface area contributed by atoms with Crippen molar-refractivity contribution in [3.8, 4) is 5.75 Å². The van der Waals surface area contributed by atoms with E-state index in [1.54, 1.807) is 0 Å². The zero-order chi connectivity index (χ0) is 11.8. The van der Waals surface area contributed by atoms with Crippen molar-refractivity contribution in [2.24, 2.45) is 0 Å². The molecular weight excluding hydrogens is 272 g/mol. The summed E-state index contributed by atoms with van der Waals surface area (Å²) < 4.78 is 12.3. The Morgan fingerprint density at radius 2 is 2.38 bits per heavy atom. The first-order chi connectivity index (χ1) is 7.54. The van der Waals surface area contributed by atoms with E-state index in [0.717, 1.165) is 10.0 Å². The Bertz CT molecular complexity index is 394. The van der Waals surface area contributed by atoms with Gasteiger partial charge in [-0.25, -0.2) is 0 Å². The molecule has 0 bridgehead atoms. The Balaban J connectivity index is 2.33. The lowest BCUT2D eigenvalue weighted by atomic mass is 9.98. The van der Waals surface area contributed by atoms with Gasteiger partial charge in [-0.15, -0.1) is 0 Å². The minimum Gasteiger partial charge on any atom is -0.462 e. The van der Waals surface area contributed by atoms with Crippen LogP contribution in [0.4, 0.5) is 0 Å². The van der Waals surface area contributed by atoms with Crippen LogP contribution in [-0.2, 0) is 4.74 Å². The van der Waals surface area contributed by atoms with E-state index in [0.29, 0.717) is 18.8 Å². The second-order valence-corrected chi connectivity index (χ2v) is 4.99. The summed E-state index contributed by atoms with van der Waals surface area (Å²) in [5.74, 6) is -0.0347. The average molecular weight is 287 g/mol. The van der Waals surface area contributed by atoms with Gasteiger partial charge >= 0.3 is 0 Å². The predicted molar refractivity (Wildman–Crippen MR) is 64.4 cm³/mol. The summed E-state index contributed by atoms with van der Waals surface area (Å²) in [6.45, 7) is 4.33. The van der Waals surface area contributed by atoms with Crippen molar-refractivity contribution in [2.45, 2.75) is 32.2 Å². The van der Waals surface area contributed by atoms with Crippen molar-refractivity contribution in [2.75, 3.05) is 6.61 Å². The van der Waals surface area contributed by atoms with Crippen LogP contribution in [-0.4, -0.2) is 17.5 Å². The highest BCUT2D eigenvalue weighted by molar-refractivity contribution is 9.10. The highest BCUT2D eigenvalue weighted by Crippen LogP contribution is 2.41. The summed E-state index contributed by atoms with van der Waals surface area (Å²) >= 11 is 3.38. The Kier molecular flexibility index (Phi) is 3.24. The lowest BCUT2D eigenvalue weighted by Crippen LogP contribution is -2.40. The number of hydrogen-bond acceptors (Lipinski definition) is 3. The van der Waals surface area contributed by atoms with Crippen molar-refractivity contribution in [3.63, 3.8) is 0 Å². The van der Waals surface area contributed by atoms with Gasteiger partial charge in [-0.2, -0.15) is 0 Å². The Hall–Kier alpha value is -0.580. The molecule has 1 aliphatic heterocycles. The molecule has 0 amide bonds. The standard InChI is InChI=1S/C12H15BrO3/c1-3-15-12(2)7-10(14)9-6-8(13)4-5-11(9)16-12/h4-6,10,14H,3,7H2,1-2H3/t10-,12+/m1/s1. The summed E-state index contributed by atoms with van der Waals surface area (Å²) in [4.78, 5) is 0. The predicted octanol–water partition coefficient (Wildman–Crippen LogP) is 3.02. The first-order valence-electron chi connectivity index (χ1n) is 5.34. The summed E-state index contributed by atoms with van der Waals surface area (Å²) in [7, 11) is 0. The molecule has 2 atom stereocenters. The van der Waals surface area contributed by atoms with E-state index in [2.05, 4.69) is 15.9 Å². The number of benzene rings is 1. The van der Waals surface area contributed by atoms with Crippen LogP contribution in [0.3, 0.4) is 0 Å². The van der Waals surface area contributed by atoms with Crippen LogP contribution in [0.5, 0.6) is 5.75 Å².